The highest BCUT2D eigenvalue weighted by molar-refractivity contribution is 7.13. The van der Waals surface area contributed by atoms with Crippen molar-refractivity contribution in [3.05, 3.63) is 35.3 Å². The lowest BCUT2D eigenvalue weighted by Crippen LogP contribution is -2.37. The summed E-state index contributed by atoms with van der Waals surface area (Å²) < 4.78 is 5.42. The molecule has 0 unspecified atom stereocenters. The van der Waals surface area contributed by atoms with Crippen LogP contribution in [0.15, 0.2) is 29.6 Å². The summed E-state index contributed by atoms with van der Waals surface area (Å²) in [7, 11) is 0. The molecule has 0 spiro atoms. The van der Waals surface area contributed by atoms with Crippen molar-refractivity contribution < 1.29 is 19.4 Å². The van der Waals surface area contributed by atoms with Crippen molar-refractivity contribution in [3.63, 3.8) is 0 Å². The van der Waals surface area contributed by atoms with Gasteiger partial charge in [0, 0.05) is 17.5 Å². The SMILES string of the molecule is CCCN(CC(=O)O)C(=O)Cc1csc(-c2ccc(OCC)cc2)n1. The number of rotatable bonds is 9. The maximum Gasteiger partial charge on any atom is 0.323 e. The van der Waals surface area contributed by atoms with E-state index in [-0.39, 0.29) is 18.9 Å². The molecule has 0 bridgehead atoms. The molecule has 1 amide bonds. The molecular weight excluding hydrogens is 340 g/mol. The number of carbonyl (C=O) groups is 2. The summed E-state index contributed by atoms with van der Waals surface area (Å²) in [5, 5.41) is 11.6. The number of aliphatic carboxylic acids is 1. The average Bonchev–Trinajstić information content (AvgIpc) is 3.03. The molecule has 0 radical (unpaired) electrons. The molecule has 0 fully saturated rings. The number of hydrogen-bond donors (Lipinski definition) is 1. The summed E-state index contributed by atoms with van der Waals surface area (Å²) in [5.41, 5.74) is 1.62. The summed E-state index contributed by atoms with van der Waals surface area (Å²) in [6.45, 7) is 4.62. The summed E-state index contributed by atoms with van der Waals surface area (Å²) in [4.78, 5) is 29.1. The van der Waals surface area contributed by atoms with Gasteiger partial charge in [-0.15, -0.1) is 11.3 Å². The zero-order valence-electron chi connectivity index (χ0n) is 14.4. The van der Waals surface area contributed by atoms with Crippen molar-refractivity contribution in [1.82, 2.24) is 9.88 Å². The van der Waals surface area contributed by atoms with E-state index in [1.165, 1.54) is 16.2 Å². The van der Waals surface area contributed by atoms with Crippen LogP contribution in [0.4, 0.5) is 0 Å². The van der Waals surface area contributed by atoms with E-state index in [4.69, 9.17) is 9.84 Å². The number of benzene rings is 1. The zero-order chi connectivity index (χ0) is 18.2. The highest BCUT2D eigenvalue weighted by Gasteiger charge is 2.17. The molecule has 1 aromatic heterocycles. The quantitative estimate of drug-likeness (QED) is 0.741. The molecular formula is C18H22N2O4S. The minimum Gasteiger partial charge on any atom is -0.494 e. The molecule has 0 saturated carbocycles. The fourth-order valence-electron chi connectivity index (χ4n) is 2.37. The van der Waals surface area contributed by atoms with Crippen LogP contribution in [0.25, 0.3) is 10.6 Å². The topological polar surface area (TPSA) is 79.7 Å². The van der Waals surface area contributed by atoms with Gasteiger partial charge in [-0.2, -0.15) is 0 Å². The van der Waals surface area contributed by atoms with Gasteiger partial charge in [-0.3, -0.25) is 9.59 Å². The minimum atomic E-state index is -1.00. The van der Waals surface area contributed by atoms with E-state index in [0.29, 0.717) is 25.3 Å². The maximum atomic E-state index is 12.3. The van der Waals surface area contributed by atoms with Crippen LogP contribution in [-0.2, 0) is 16.0 Å². The average molecular weight is 362 g/mol. The van der Waals surface area contributed by atoms with E-state index >= 15 is 0 Å². The number of thiazole rings is 1. The molecule has 7 heteroatoms. The molecule has 1 aromatic carbocycles. The first-order valence-corrected chi connectivity index (χ1v) is 9.08. The Kier molecular flexibility index (Phi) is 6.94. The Labute approximate surface area is 151 Å². The summed E-state index contributed by atoms with van der Waals surface area (Å²) in [5.74, 6) is -0.412. The van der Waals surface area contributed by atoms with Crippen LogP contribution in [0.1, 0.15) is 26.0 Å². The van der Waals surface area contributed by atoms with Gasteiger partial charge in [-0.05, 0) is 37.6 Å². The van der Waals surface area contributed by atoms with Crippen molar-refractivity contribution in [2.45, 2.75) is 26.7 Å². The maximum absolute atomic E-state index is 12.3. The van der Waals surface area contributed by atoms with Gasteiger partial charge in [-0.1, -0.05) is 6.92 Å². The number of nitrogens with zero attached hydrogens (tertiary/aromatic N) is 2. The van der Waals surface area contributed by atoms with Crippen molar-refractivity contribution in [2.75, 3.05) is 19.7 Å². The fraction of sp³-hybridized carbons (Fsp3) is 0.389. The molecule has 0 aliphatic carbocycles. The van der Waals surface area contributed by atoms with Crippen LogP contribution in [0.2, 0.25) is 0 Å². The molecule has 0 atom stereocenters. The first-order valence-electron chi connectivity index (χ1n) is 8.20. The Bertz CT molecular complexity index is 712. The Balaban J connectivity index is 2.04. The second-order valence-electron chi connectivity index (χ2n) is 5.49. The van der Waals surface area contributed by atoms with Gasteiger partial charge in [0.05, 0.1) is 18.7 Å². The largest absolute Gasteiger partial charge is 0.494 e. The van der Waals surface area contributed by atoms with Gasteiger partial charge in [0.15, 0.2) is 0 Å². The third kappa shape index (κ3) is 5.56. The molecule has 134 valence electrons. The van der Waals surface area contributed by atoms with Crippen LogP contribution in [0, 0.1) is 0 Å². The van der Waals surface area contributed by atoms with Gasteiger partial charge in [-0.25, -0.2) is 4.98 Å². The second-order valence-corrected chi connectivity index (χ2v) is 6.35. The Morgan fingerprint density at radius 3 is 2.56 bits per heavy atom. The second kappa shape index (κ2) is 9.17. The van der Waals surface area contributed by atoms with E-state index in [2.05, 4.69) is 4.98 Å². The number of aromatic nitrogens is 1. The lowest BCUT2D eigenvalue weighted by Gasteiger charge is -2.19. The van der Waals surface area contributed by atoms with E-state index < -0.39 is 5.97 Å². The Morgan fingerprint density at radius 2 is 1.96 bits per heavy atom. The van der Waals surface area contributed by atoms with E-state index in [0.717, 1.165) is 16.3 Å². The van der Waals surface area contributed by atoms with Gasteiger partial charge < -0.3 is 14.7 Å². The van der Waals surface area contributed by atoms with E-state index in [1.54, 1.807) is 0 Å². The van der Waals surface area contributed by atoms with Gasteiger partial charge in [0.1, 0.15) is 17.3 Å². The number of ether oxygens (including phenoxy) is 1. The highest BCUT2D eigenvalue weighted by atomic mass is 32.1. The fourth-order valence-corrected chi connectivity index (χ4v) is 3.20. The van der Waals surface area contributed by atoms with Crippen LogP contribution in [-0.4, -0.2) is 46.6 Å². The van der Waals surface area contributed by atoms with Crippen LogP contribution >= 0.6 is 11.3 Å². The normalized spacial score (nSPS) is 10.5. The summed E-state index contributed by atoms with van der Waals surface area (Å²) in [6, 6.07) is 7.65. The van der Waals surface area contributed by atoms with Crippen LogP contribution < -0.4 is 4.74 Å². The van der Waals surface area contributed by atoms with E-state index in [9.17, 15) is 9.59 Å². The summed E-state index contributed by atoms with van der Waals surface area (Å²) >= 11 is 1.46. The minimum absolute atomic E-state index is 0.112. The number of carboxylic acid groups (broad SMARTS) is 1. The number of amides is 1. The molecule has 25 heavy (non-hydrogen) atoms. The van der Waals surface area contributed by atoms with E-state index in [1.807, 2.05) is 43.5 Å². The first kappa shape index (κ1) is 18.9. The van der Waals surface area contributed by atoms with Crippen LogP contribution in [0.5, 0.6) is 5.75 Å². The molecule has 6 nitrogen and oxygen atoms in total. The third-order valence-corrected chi connectivity index (χ3v) is 4.41. The standard InChI is InChI=1S/C18H22N2O4S/c1-3-9-20(11-17(22)23)16(21)10-14-12-25-18(19-14)13-5-7-15(8-6-13)24-4-2/h5-8,12H,3-4,9-11H2,1-2H3,(H,22,23). The third-order valence-electron chi connectivity index (χ3n) is 3.47. The molecule has 0 aliphatic rings. The van der Waals surface area contributed by atoms with Gasteiger partial charge >= 0.3 is 5.97 Å². The lowest BCUT2D eigenvalue weighted by atomic mass is 10.2. The van der Waals surface area contributed by atoms with Crippen molar-refractivity contribution >= 4 is 23.2 Å². The smallest absolute Gasteiger partial charge is 0.323 e. The molecule has 2 rings (SSSR count). The predicted octanol–water partition coefficient (Wildman–Crippen LogP) is 3.07. The van der Waals surface area contributed by atoms with Crippen molar-refractivity contribution in [1.29, 1.82) is 0 Å². The zero-order valence-corrected chi connectivity index (χ0v) is 15.2. The van der Waals surface area contributed by atoms with Gasteiger partial charge in [0.25, 0.3) is 0 Å². The van der Waals surface area contributed by atoms with Crippen LogP contribution in [0.3, 0.4) is 0 Å². The number of carboxylic acids is 1. The molecule has 0 saturated heterocycles. The molecule has 2 aromatic rings. The summed E-state index contributed by atoms with van der Waals surface area (Å²) in [6.07, 6.45) is 0.828. The molecule has 1 heterocycles. The molecule has 0 aliphatic heterocycles. The highest BCUT2D eigenvalue weighted by Crippen LogP contribution is 2.26. The predicted molar refractivity (Wildman–Crippen MR) is 96.9 cm³/mol. The first-order chi connectivity index (χ1) is 12.0. The number of hydrogen-bond acceptors (Lipinski definition) is 5. The number of carbonyl (C=O) groups excluding carboxylic acids is 1. The Morgan fingerprint density at radius 1 is 1.24 bits per heavy atom. The monoisotopic (exact) mass is 362 g/mol. The van der Waals surface area contributed by atoms with Crippen molar-refractivity contribution in [2.24, 2.45) is 0 Å². The van der Waals surface area contributed by atoms with Crippen molar-refractivity contribution in [3.8, 4) is 16.3 Å². The Hall–Kier alpha value is -2.41. The lowest BCUT2D eigenvalue weighted by molar-refractivity contribution is -0.144. The molecule has 1 N–H and O–H groups in total. The van der Waals surface area contributed by atoms with Gasteiger partial charge in [0.2, 0.25) is 5.91 Å².